The second-order valence-corrected chi connectivity index (χ2v) is 7.59. The van der Waals surface area contributed by atoms with E-state index < -0.39 is 5.60 Å². The minimum atomic E-state index is -0.962. The Labute approximate surface area is 138 Å². The number of ketones is 1. The number of terminal acetylenes is 1. The fourth-order valence-corrected chi connectivity index (χ4v) is 5.70. The molecule has 2 heteroatoms. The molecule has 0 bridgehead atoms. The molecule has 0 spiro atoms. The second kappa shape index (κ2) is 4.95. The summed E-state index contributed by atoms with van der Waals surface area (Å²) in [6.07, 6.45) is 12.5. The van der Waals surface area contributed by atoms with Gasteiger partial charge in [-0.05, 0) is 66.7 Å². The molecular formula is C21H24O2. The van der Waals surface area contributed by atoms with Crippen LogP contribution >= 0.6 is 0 Å². The number of carbonyl (C=O) groups is 1. The third-order valence-corrected chi connectivity index (χ3v) is 6.96. The average molecular weight is 308 g/mol. The lowest BCUT2D eigenvalue weighted by Gasteiger charge is -2.47. The molecule has 120 valence electrons. The van der Waals surface area contributed by atoms with E-state index in [4.69, 9.17) is 6.42 Å². The van der Waals surface area contributed by atoms with Crippen LogP contribution in [0.5, 0.6) is 0 Å². The van der Waals surface area contributed by atoms with Crippen molar-refractivity contribution in [1.29, 1.82) is 0 Å². The molecule has 0 radical (unpaired) electrons. The van der Waals surface area contributed by atoms with E-state index in [1.54, 1.807) is 0 Å². The van der Waals surface area contributed by atoms with Crippen LogP contribution in [-0.2, 0) is 24.1 Å². The van der Waals surface area contributed by atoms with E-state index in [0.717, 1.165) is 32.1 Å². The van der Waals surface area contributed by atoms with Gasteiger partial charge in [-0.2, -0.15) is 0 Å². The highest BCUT2D eigenvalue weighted by Gasteiger charge is 2.59. The second-order valence-electron chi connectivity index (χ2n) is 7.59. The maximum absolute atomic E-state index is 11.7. The van der Waals surface area contributed by atoms with E-state index >= 15 is 0 Å². The fraction of sp³-hybridized carbons (Fsp3) is 0.571. The predicted molar refractivity (Wildman–Crippen MR) is 90.3 cm³/mol. The van der Waals surface area contributed by atoms with Crippen LogP contribution < -0.4 is 0 Å². The Bertz CT molecular complexity index is 726. The number of hydrogen-bond donors (Lipinski definition) is 1. The van der Waals surface area contributed by atoms with E-state index in [-0.39, 0.29) is 5.41 Å². The Morgan fingerprint density at radius 2 is 2.09 bits per heavy atom. The largest absolute Gasteiger partial charge is 0.377 e. The van der Waals surface area contributed by atoms with Crippen molar-refractivity contribution in [3.63, 3.8) is 0 Å². The lowest BCUT2D eigenvalue weighted by atomic mass is 9.58. The van der Waals surface area contributed by atoms with Crippen LogP contribution in [-0.4, -0.2) is 16.5 Å². The normalized spacial score (nSPS) is 35.2. The Morgan fingerprint density at radius 3 is 2.83 bits per heavy atom. The summed E-state index contributed by atoms with van der Waals surface area (Å²) >= 11 is 0. The molecule has 1 N–H and O–H groups in total. The number of aliphatic hydroxyl groups is 1. The Morgan fingerprint density at radius 1 is 1.26 bits per heavy atom. The lowest BCUT2D eigenvalue weighted by Crippen LogP contribution is -2.47. The van der Waals surface area contributed by atoms with Crippen LogP contribution in [0.3, 0.4) is 0 Å². The van der Waals surface area contributed by atoms with E-state index in [1.165, 1.54) is 22.3 Å². The summed E-state index contributed by atoms with van der Waals surface area (Å²) in [5.41, 5.74) is 4.38. The van der Waals surface area contributed by atoms with E-state index in [2.05, 4.69) is 25.0 Å². The van der Waals surface area contributed by atoms with Gasteiger partial charge in [-0.3, -0.25) is 4.79 Å². The number of fused-ring (bicyclic) bond motifs is 5. The van der Waals surface area contributed by atoms with Gasteiger partial charge in [0, 0.05) is 18.3 Å². The van der Waals surface area contributed by atoms with Gasteiger partial charge in [0.1, 0.15) is 11.4 Å². The summed E-state index contributed by atoms with van der Waals surface area (Å²) in [6.45, 7) is 2.17. The highest BCUT2D eigenvalue weighted by Crippen LogP contribution is 2.62. The van der Waals surface area contributed by atoms with Crippen LogP contribution in [0.4, 0.5) is 0 Å². The van der Waals surface area contributed by atoms with E-state index in [0.29, 0.717) is 31.0 Å². The zero-order valence-electron chi connectivity index (χ0n) is 13.8. The third kappa shape index (κ3) is 1.83. The zero-order chi connectivity index (χ0) is 16.2. The van der Waals surface area contributed by atoms with Crippen molar-refractivity contribution in [3.05, 3.63) is 34.4 Å². The molecule has 2 nitrogen and oxygen atoms in total. The van der Waals surface area contributed by atoms with E-state index in [9.17, 15) is 9.90 Å². The molecule has 1 fully saturated rings. The van der Waals surface area contributed by atoms with Gasteiger partial charge in [-0.15, -0.1) is 6.42 Å². The van der Waals surface area contributed by atoms with Crippen molar-refractivity contribution in [2.45, 2.75) is 69.8 Å². The van der Waals surface area contributed by atoms with Gasteiger partial charge in [-0.1, -0.05) is 25.0 Å². The van der Waals surface area contributed by atoms with Crippen molar-refractivity contribution in [2.75, 3.05) is 0 Å². The molecule has 0 amide bonds. The highest BCUT2D eigenvalue weighted by atomic mass is 16.3. The summed E-state index contributed by atoms with van der Waals surface area (Å²) < 4.78 is 0. The third-order valence-electron chi connectivity index (χ3n) is 6.96. The molecule has 1 saturated carbocycles. The van der Waals surface area contributed by atoms with Gasteiger partial charge in [0.05, 0.1) is 0 Å². The average Bonchev–Trinajstić information content (AvgIpc) is 2.88. The smallest absolute Gasteiger partial charge is 0.137 e. The van der Waals surface area contributed by atoms with Crippen molar-refractivity contribution in [3.8, 4) is 12.3 Å². The van der Waals surface area contributed by atoms with Crippen LogP contribution in [0.1, 0.15) is 67.2 Å². The highest BCUT2D eigenvalue weighted by molar-refractivity contribution is 5.83. The molecule has 4 rings (SSSR count). The van der Waals surface area contributed by atoms with Crippen LogP contribution in [0.2, 0.25) is 0 Å². The van der Waals surface area contributed by atoms with Gasteiger partial charge in [0.15, 0.2) is 0 Å². The molecule has 1 aromatic rings. The lowest BCUT2D eigenvalue weighted by molar-refractivity contribution is -0.118. The minimum Gasteiger partial charge on any atom is -0.377 e. The monoisotopic (exact) mass is 308 g/mol. The Kier molecular flexibility index (Phi) is 3.22. The molecule has 0 saturated heterocycles. The quantitative estimate of drug-likeness (QED) is 0.808. The van der Waals surface area contributed by atoms with Crippen molar-refractivity contribution >= 4 is 5.78 Å². The van der Waals surface area contributed by atoms with E-state index in [1.807, 2.05) is 0 Å². The standard InChI is InChI=1S/C21H24O2/c1-3-20-11-9-17-16-8-6-15(22)13-14(16)5-7-18(17)19(20)10-12-21(20,23)4-2/h2,5,7,19,23H,3,6,8-13H2,1H3/t19-,20-,21-/m0/s1. The molecular weight excluding hydrogens is 284 g/mol. The number of carbonyl (C=O) groups excluding carboxylic acids is 1. The molecule has 0 unspecified atom stereocenters. The number of hydrogen-bond acceptors (Lipinski definition) is 2. The van der Waals surface area contributed by atoms with Crippen molar-refractivity contribution in [2.24, 2.45) is 5.41 Å². The van der Waals surface area contributed by atoms with Crippen LogP contribution in [0.25, 0.3) is 0 Å². The summed E-state index contributed by atoms with van der Waals surface area (Å²) in [5.74, 6) is 3.46. The topological polar surface area (TPSA) is 37.3 Å². The summed E-state index contributed by atoms with van der Waals surface area (Å²) in [4.78, 5) is 11.7. The fourth-order valence-electron chi connectivity index (χ4n) is 5.70. The van der Waals surface area contributed by atoms with Crippen LogP contribution in [0.15, 0.2) is 12.1 Å². The number of rotatable bonds is 1. The first-order valence-corrected chi connectivity index (χ1v) is 8.90. The predicted octanol–water partition coefficient (Wildman–Crippen LogP) is 3.33. The summed E-state index contributed by atoms with van der Waals surface area (Å²) in [5, 5.41) is 11.1. The van der Waals surface area contributed by atoms with Gasteiger partial charge in [-0.25, -0.2) is 0 Å². The summed E-state index contributed by atoms with van der Waals surface area (Å²) in [6, 6.07) is 4.38. The molecule has 1 aromatic carbocycles. The maximum Gasteiger partial charge on any atom is 0.137 e. The first kappa shape index (κ1) is 15.0. The van der Waals surface area contributed by atoms with Gasteiger partial charge >= 0.3 is 0 Å². The molecule has 3 aliphatic carbocycles. The van der Waals surface area contributed by atoms with Crippen molar-refractivity contribution in [1.82, 2.24) is 0 Å². The molecule has 0 aromatic heterocycles. The minimum absolute atomic E-state index is 0.173. The zero-order valence-corrected chi connectivity index (χ0v) is 13.8. The van der Waals surface area contributed by atoms with Crippen molar-refractivity contribution < 1.29 is 9.90 Å². The van der Waals surface area contributed by atoms with Gasteiger partial charge in [0.25, 0.3) is 0 Å². The van der Waals surface area contributed by atoms with Gasteiger partial charge < -0.3 is 5.11 Å². The summed E-state index contributed by atoms with van der Waals surface area (Å²) in [7, 11) is 0. The SMILES string of the molecule is C#C[C@]1(O)CC[C@H]2c3ccc4c(c3CC[C@@]21CC)CCC(=O)C4. The molecule has 3 atom stereocenters. The maximum atomic E-state index is 11.7. The number of Topliss-reactive ketones (excluding diaryl/α,β-unsaturated/α-hetero) is 1. The Hall–Kier alpha value is -1.59. The number of benzene rings is 1. The molecule has 0 aliphatic heterocycles. The van der Waals surface area contributed by atoms with Gasteiger partial charge in [0.2, 0.25) is 0 Å². The first-order chi connectivity index (χ1) is 11.0. The Balaban J connectivity index is 1.84. The first-order valence-electron chi connectivity index (χ1n) is 8.90. The molecule has 3 aliphatic rings. The molecule has 23 heavy (non-hydrogen) atoms. The van der Waals surface area contributed by atoms with Crippen LogP contribution in [0, 0.1) is 17.8 Å². The molecule has 0 heterocycles.